The molecule has 2 N–H and O–H groups in total. The van der Waals surface area contributed by atoms with Crippen molar-refractivity contribution in [3.63, 3.8) is 0 Å². The first-order valence-electron chi connectivity index (χ1n) is 9.95. The number of rotatable bonds is 7. The van der Waals surface area contributed by atoms with Crippen LogP contribution in [0.4, 0.5) is 4.79 Å². The summed E-state index contributed by atoms with van der Waals surface area (Å²) in [6.45, 7) is 7.84. The molecule has 0 spiro atoms. The summed E-state index contributed by atoms with van der Waals surface area (Å²) in [7, 11) is 0. The lowest BCUT2D eigenvalue weighted by Gasteiger charge is -2.40. The van der Waals surface area contributed by atoms with Crippen molar-refractivity contribution in [3.8, 4) is 0 Å². The van der Waals surface area contributed by atoms with E-state index in [0.717, 1.165) is 24.8 Å². The van der Waals surface area contributed by atoms with Crippen LogP contribution in [-0.2, 0) is 16.1 Å². The van der Waals surface area contributed by atoms with Gasteiger partial charge in [-0.05, 0) is 37.7 Å². The summed E-state index contributed by atoms with van der Waals surface area (Å²) < 4.78 is 5.46. The summed E-state index contributed by atoms with van der Waals surface area (Å²) in [4.78, 5) is 28.8. The number of piperidine rings is 1. The Balaban J connectivity index is 1.97. The van der Waals surface area contributed by atoms with Gasteiger partial charge in [-0.15, -0.1) is 0 Å². The number of nitrogens with two attached hydrogens (primary N) is 1. The summed E-state index contributed by atoms with van der Waals surface area (Å²) >= 11 is 0. The van der Waals surface area contributed by atoms with E-state index < -0.39 is 6.04 Å². The quantitative estimate of drug-likeness (QED) is 0.795. The average molecular weight is 376 g/mol. The monoisotopic (exact) mass is 375 g/mol. The van der Waals surface area contributed by atoms with E-state index in [0.29, 0.717) is 19.6 Å². The van der Waals surface area contributed by atoms with Gasteiger partial charge in [-0.3, -0.25) is 4.79 Å². The average Bonchev–Trinajstić information content (AvgIpc) is 2.70. The Kier molecular flexibility index (Phi) is 8.10. The topological polar surface area (TPSA) is 75.9 Å². The molecule has 1 aliphatic rings. The minimum Gasteiger partial charge on any atom is -0.445 e. The lowest BCUT2D eigenvalue weighted by molar-refractivity contribution is -0.137. The van der Waals surface area contributed by atoms with Gasteiger partial charge >= 0.3 is 6.09 Å². The van der Waals surface area contributed by atoms with Gasteiger partial charge in [-0.25, -0.2) is 4.79 Å². The van der Waals surface area contributed by atoms with Crippen LogP contribution in [0.3, 0.4) is 0 Å². The Morgan fingerprint density at radius 3 is 2.59 bits per heavy atom. The normalized spacial score (nSPS) is 18.3. The standard InChI is InChI=1S/C21H33N3O3/c1-4-23(21(26)27-15-17-10-6-5-7-11-17)14-18-12-8-9-13-24(18)20(25)19(22)16(2)3/h5-7,10-11,16,18-19H,4,8-9,12-15,22H2,1-3H3/t18-,19+/m1/s1. The van der Waals surface area contributed by atoms with E-state index in [4.69, 9.17) is 10.5 Å². The van der Waals surface area contributed by atoms with Gasteiger partial charge in [0.1, 0.15) is 6.61 Å². The number of likely N-dealkylation sites (N-methyl/N-ethyl adjacent to an activating group) is 1. The molecule has 1 saturated heterocycles. The summed E-state index contributed by atoms with van der Waals surface area (Å²) in [5.74, 6) is 0.0848. The molecule has 1 aromatic rings. The molecule has 27 heavy (non-hydrogen) atoms. The van der Waals surface area contributed by atoms with Crippen molar-refractivity contribution in [1.82, 2.24) is 9.80 Å². The fourth-order valence-electron chi connectivity index (χ4n) is 3.35. The molecule has 2 amide bonds. The van der Waals surface area contributed by atoms with Crippen molar-refractivity contribution in [3.05, 3.63) is 35.9 Å². The van der Waals surface area contributed by atoms with E-state index in [1.807, 2.05) is 56.0 Å². The fraction of sp³-hybridized carbons (Fsp3) is 0.619. The van der Waals surface area contributed by atoms with Gasteiger partial charge in [-0.2, -0.15) is 0 Å². The molecule has 2 atom stereocenters. The van der Waals surface area contributed by atoms with Crippen LogP contribution in [-0.4, -0.2) is 53.5 Å². The van der Waals surface area contributed by atoms with Gasteiger partial charge in [0.2, 0.25) is 5.91 Å². The number of hydrogen-bond donors (Lipinski definition) is 1. The largest absolute Gasteiger partial charge is 0.445 e. The molecule has 0 saturated carbocycles. The molecule has 1 aliphatic heterocycles. The Hall–Kier alpha value is -2.08. The lowest BCUT2D eigenvalue weighted by Crippen LogP contribution is -2.55. The molecule has 0 aliphatic carbocycles. The number of carbonyl (C=O) groups excluding carboxylic acids is 2. The highest BCUT2D eigenvalue weighted by Crippen LogP contribution is 2.20. The molecule has 0 aromatic heterocycles. The number of amides is 2. The molecule has 0 unspecified atom stereocenters. The molecule has 1 aromatic carbocycles. The second-order valence-corrected chi connectivity index (χ2v) is 7.53. The molecule has 6 nitrogen and oxygen atoms in total. The number of carbonyl (C=O) groups is 2. The molecule has 0 bridgehead atoms. The Morgan fingerprint density at radius 1 is 1.26 bits per heavy atom. The van der Waals surface area contributed by atoms with Crippen LogP contribution in [0.2, 0.25) is 0 Å². The van der Waals surface area contributed by atoms with Crippen LogP contribution in [0, 0.1) is 5.92 Å². The second kappa shape index (κ2) is 10.3. The highest BCUT2D eigenvalue weighted by Gasteiger charge is 2.33. The van der Waals surface area contributed by atoms with Crippen molar-refractivity contribution in [2.75, 3.05) is 19.6 Å². The zero-order valence-corrected chi connectivity index (χ0v) is 16.8. The van der Waals surface area contributed by atoms with E-state index in [1.54, 1.807) is 4.90 Å². The van der Waals surface area contributed by atoms with Gasteiger partial charge in [0.25, 0.3) is 0 Å². The summed E-state index contributed by atoms with van der Waals surface area (Å²) in [6.07, 6.45) is 2.59. The lowest BCUT2D eigenvalue weighted by atomic mass is 9.97. The van der Waals surface area contributed by atoms with Crippen molar-refractivity contribution < 1.29 is 14.3 Å². The van der Waals surface area contributed by atoms with Crippen molar-refractivity contribution in [2.45, 2.75) is 58.7 Å². The van der Waals surface area contributed by atoms with Gasteiger partial charge in [0.15, 0.2) is 0 Å². The van der Waals surface area contributed by atoms with Crippen LogP contribution < -0.4 is 5.73 Å². The Bertz CT molecular complexity index is 606. The highest BCUT2D eigenvalue weighted by atomic mass is 16.6. The fourth-order valence-corrected chi connectivity index (χ4v) is 3.35. The molecule has 6 heteroatoms. The Labute approximate surface area is 162 Å². The number of hydrogen-bond acceptors (Lipinski definition) is 4. The second-order valence-electron chi connectivity index (χ2n) is 7.53. The third-order valence-corrected chi connectivity index (χ3v) is 5.19. The maximum Gasteiger partial charge on any atom is 0.410 e. The number of nitrogens with zero attached hydrogens (tertiary/aromatic N) is 2. The minimum absolute atomic E-state index is 0.000255. The zero-order valence-electron chi connectivity index (χ0n) is 16.8. The molecule has 2 rings (SSSR count). The SMILES string of the molecule is CCN(C[C@H]1CCCCN1C(=O)[C@@H](N)C(C)C)C(=O)OCc1ccccc1. The van der Waals surface area contributed by atoms with E-state index in [9.17, 15) is 9.59 Å². The first-order valence-corrected chi connectivity index (χ1v) is 9.95. The van der Waals surface area contributed by atoms with Crippen LogP contribution in [0.5, 0.6) is 0 Å². The van der Waals surface area contributed by atoms with E-state index in [-0.39, 0.29) is 30.6 Å². The predicted octanol–water partition coefficient (Wildman–Crippen LogP) is 3.01. The summed E-state index contributed by atoms with van der Waals surface area (Å²) in [6, 6.07) is 9.14. The molecular formula is C21H33N3O3. The van der Waals surface area contributed by atoms with Crippen LogP contribution in [0.25, 0.3) is 0 Å². The third kappa shape index (κ3) is 5.96. The summed E-state index contributed by atoms with van der Waals surface area (Å²) in [5, 5.41) is 0. The molecule has 0 radical (unpaired) electrons. The molecule has 1 heterocycles. The maximum absolute atomic E-state index is 12.8. The van der Waals surface area contributed by atoms with Crippen LogP contribution in [0.15, 0.2) is 30.3 Å². The van der Waals surface area contributed by atoms with Crippen LogP contribution in [0.1, 0.15) is 45.6 Å². The smallest absolute Gasteiger partial charge is 0.410 e. The molecule has 150 valence electrons. The van der Waals surface area contributed by atoms with Gasteiger partial charge in [-0.1, -0.05) is 44.2 Å². The van der Waals surface area contributed by atoms with E-state index >= 15 is 0 Å². The Morgan fingerprint density at radius 2 is 1.96 bits per heavy atom. The number of ether oxygens (including phenoxy) is 1. The van der Waals surface area contributed by atoms with Crippen molar-refractivity contribution in [1.29, 1.82) is 0 Å². The molecule has 1 fully saturated rings. The van der Waals surface area contributed by atoms with Crippen molar-refractivity contribution >= 4 is 12.0 Å². The van der Waals surface area contributed by atoms with Crippen molar-refractivity contribution in [2.24, 2.45) is 11.7 Å². The predicted molar refractivity (Wildman–Crippen MR) is 106 cm³/mol. The minimum atomic E-state index is -0.495. The first-order chi connectivity index (χ1) is 12.9. The third-order valence-electron chi connectivity index (χ3n) is 5.19. The van der Waals surface area contributed by atoms with Gasteiger partial charge in [0.05, 0.1) is 6.04 Å². The zero-order chi connectivity index (χ0) is 19.8. The number of benzene rings is 1. The maximum atomic E-state index is 12.8. The molecular weight excluding hydrogens is 342 g/mol. The highest BCUT2D eigenvalue weighted by molar-refractivity contribution is 5.82. The van der Waals surface area contributed by atoms with E-state index in [2.05, 4.69) is 0 Å². The first kappa shape index (κ1) is 21.2. The number of likely N-dealkylation sites (tertiary alicyclic amines) is 1. The van der Waals surface area contributed by atoms with Crippen LogP contribution >= 0.6 is 0 Å². The summed E-state index contributed by atoms with van der Waals surface area (Å²) in [5.41, 5.74) is 7.05. The van der Waals surface area contributed by atoms with E-state index in [1.165, 1.54) is 0 Å². The van der Waals surface area contributed by atoms with Gasteiger partial charge < -0.3 is 20.3 Å². The van der Waals surface area contributed by atoms with Gasteiger partial charge in [0, 0.05) is 25.7 Å².